The highest BCUT2D eigenvalue weighted by atomic mass is 32.2. The summed E-state index contributed by atoms with van der Waals surface area (Å²) in [4.78, 5) is 13.6. The molecule has 0 radical (unpaired) electrons. The molecule has 3 aromatic carbocycles. The van der Waals surface area contributed by atoms with E-state index in [1.54, 1.807) is 11.8 Å². The molecule has 32 heavy (non-hydrogen) atoms. The van der Waals surface area contributed by atoms with Gasteiger partial charge in [0.25, 0.3) is 0 Å². The number of pyridine rings is 1. The van der Waals surface area contributed by atoms with Crippen molar-refractivity contribution in [3.05, 3.63) is 91.4 Å². The molecule has 0 spiro atoms. The maximum absolute atomic E-state index is 4.73. The Kier molecular flexibility index (Phi) is 3.74. The highest BCUT2D eigenvalue weighted by Gasteiger charge is 2.18. The minimum absolute atomic E-state index is 0.912. The molecule has 0 unspecified atom stereocenters. The number of fused-ring (bicyclic) bond motifs is 4. The van der Waals surface area contributed by atoms with Crippen LogP contribution in [0, 0.1) is 0 Å². The summed E-state index contributed by atoms with van der Waals surface area (Å²) in [5, 5.41) is 5.94. The third-order valence-corrected chi connectivity index (χ3v) is 7.17. The second kappa shape index (κ2) is 6.77. The smallest absolute Gasteiger partial charge is 0.144 e. The average molecular weight is 431 g/mol. The Morgan fingerprint density at radius 3 is 1.97 bits per heavy atom. The van der Waals surface area contributed by atoms with Crippen molar-refractivity contribution in [2.45, 2.75) is 9.79 Å². The first-order chi connectivity index (χ1) is 15.8. The van der Waals surface area contributed by atoms with Gasteiger partial charge in [-0.05, 0) is 82.1 Å². The van der Waals surface area contributed by atoms with Gasteiger partial charge in [0, 0.05) is 40.1 Å². The van der Waals surface area contributed by atoms with Crippen LogP contribution in [-0.2, 0) is 0 Å². The first-order valence-electron chi connectivity index (χ1n) is 10.5. The second-order valence-corrected chi connectivity index (χ2v) is 9.15. The molecular weight excluding hydrogens is 412 g/mol. The molecule has 0 bridgehead atoms. The third-order valence-electron chi connectivity index (χ3n) is 6.08. The lowest BCUT2D eigenvalue weighted by Gasteiger charge is -2.21. The van der Waals surface area contributed by atoms with Crippen LogP contribution in [0.1, 0.15) is 0 Å². The van der Waals surface area contributed by atoms with E-state index in [4.69, 9.17) is 4.98 Å². The van der Waals surface area contributed by atoms with Crippen molar-refractivity contribution in [1.82, 2.24) is 15.0 Å². The highest BCUT2D eigenvalue weighted by molar-refractivity contribution is 7.99. The lowest BCUT2D eigenvalue weighted by Crippen LogP contribution is -2.02. The van der Waals surface area contributed by atoms with E-state index in [2.05, 4.69) is 88.1 Å². The Bertz CT molecular complexity index is 1520. The van der Waals surface area contributed by atoms with Crippen molar-refractivity contribution in [2.75, 3.05) is 5.32 Å². The van der Waals surface area contributed by atoms with Crippen molar-refractivity contribution in [1.29, 1.82) is 0 Å². The standard InChI is InChI=1S/C27H18N4S/c1-4-22-19(7-9-28-22)11-16(1)18-3-6-24-25(13-18)32-26-14-21(15-30-27(26)31-24)17-2-5-23-20(12-17)8-10-29-23/h1-15,28-29H,(H,30,31). The lowest BCUT2D eigenvalue weighted by atomic mass is 10.0. The van der Waals surface area contributed by atoms with Gasteiger partial charge in [-0.2, -0.15) is 0 Å². The fraction of sp³-hybridized carbons (Fsp3) is 0. The number of nitrogens with one attached hydrogen (secondary N) is 3. The Morgan fingerprint density at radius 2 is 1.22 bits per heavy atom. The maximum Gasteiger partial charge on any atom is 0.144 e. The van der Waals surface area contributed by atoms with Crippen LogP contribution < -0.4 is 5.32 Å². The monoisotopic (exact) mass is 430 g/mol. The van der Waals surface area contributed by atoms with E-state index in [0.29, 0.717) is 0 Å². The van der Waals surface area contributed by atoms with E-state index < -0.39 is 0 Å². The summed E-state index contributed by atoms with van der Waals surface area (Å²) < 4.78 is 0. The van der Waals surface area contributed by atoms with Gasteiger partial charge >= 0.3 is 0 Å². The van der Waals surface area contributed by atoms with Gasteiger partial charge in [0.15, 0.2) is 0 Å². The number of hydrogen-bond acceptors (Lipinski definition) is 3. The fourth-order valence-electron chi connectivity index (χ4n) is 4.38. The molecule has 0 aliphatic carbocycles. The lowest BCUT2D eigenvalue weighted by molar-refractivity contribution is 1.20. The average Bonchev–Trinajstić information content (AvgIpc) is 3.50. The van der Waals surface area contributed by atoms with E-state index in [1.807, 2.05) is 18.6 Å². The van der Waals surface area contributed by atoms with Crippen LogP contribution >= 0.6 is 11.8 Å². The van der Waals surface area contributed by atoms with E-state index >= 15 is 0 Å². The SMILES string of the molecule is c1cc2cc(-c3ccc4c(c3)Sc3cc(-c5ccc6[nH]ccc6c5)cnc3N4)ccc2[nH]1. The quantitative estimate of drug-likeness (QED) is 0.265. The predicted octanol–water partition coefficient (Wildman–Crippen LogP) is 7.59. The summed E-state index contributed by atoms with van der Waals surface area (Å²) in [6.07, 6.45) is 5.91. The topological polar surface area (TPSA) is 56.5 Å². The third kappa shape index (κ3) is 2.82. The fourth-order valence-corrected chi connectivity index (χ4v) is 5.41. The minimum atomic E-state index is 0.912. The first-order valence-corrected chi connectivity index (χ1v) is 11.4. The van der Waals surface area contributed by atoms with Crippen molar-refractivity contribution in [3.63, 3.8) is 0 Å². The van der Waals surface area contributed by atoms with Crippen molar-refractivity contribution in [3.8, 4) is 22.3 Å². The Labute approximate surface area is 188 Å². The molecule has 0 saturated carbocycles. The van der Waals surface area contributed by atoms with Crippen LogP contribution in [0.15, 0.2) is 101 Å². The molecule has 1 aliphatic rings. The Balaban J connectivity index is 1.25. The molecule has 1 aliphatic heterocycles. The largest absolute Gasteiger partial charge is 0.361 e. The molecule has 0 fully saturated rings. The molecule has 7 rings (SSSR count). The molecule has 0 amide bonds. The maximum atomic E-state index is 4.73. The molecule has 0 atom stereocenters. The normalized spacial score (nSPS) is 12.5. The van der Waals surface area contributed by atoms with Gasteiger partial charge < -0.3 is 15.3 Å². The summed E-state index contributed by atoms with van der Waals surface area (Å²) in [5.74, 6) is 0.912. The van der Waals surface area contributed by atoms with E-state index in [1.165, 1.54) is 32.4 Å². The van der Waals surface area contributed by atoms with Gasteiger partial charge in [-0.25, -0.2) is 4.98 Å². The summed E-state index contributed by atoms with van der Waals surface area (Å²) in [5.41, 5.74) is 8.14. The van der Waals surface area contributed by atoms with Gasteiger partial charge in [0.05, 0.1) is 10.6 Å². The molecule has 5 heteroatoms. The molecule has 4 nitrogen and oxygen atoms in total. The first kappa shape index (κ1) is 17.7. The molecule has 4 heterocycles. The van der Waals surface area contributed by atoms with Crippen LogP contribution in [0.2, 0.25) is 0 Å². The summed E-state index contributed by atoms with van der Waals surface area (Å²) >= 11 is 1.77. The van der Waals surface area contributed by atoms with Crippen molar-refractivity contribution >= 4 is 45.1 Å². The number of H-pyrrole nitrogens is 2. The van der Waals surface area contributed by atoms with Crippen LogP contribution in [-0.4, -0.2) is 15.0 Å². The molecule has 3 N–H and O–H groups in total. The molecular formula is C27H18N4S. The van der Waals surface area contributed by atoms with E-state index in [-0.39, 0.29) is 0 Å². The van der Waals surface area contributed by atoms with Gasteiger partial charge in [0.2, 0.25) is 0 Å². The molecule has 0 saturated heterocycles. The summed E-state index contributed by atoms with van der Waals surface area (Å²) in [6.45, 7) is 0. The van der Waals surface area contributed by atoms with Crippen molar-refractivity contribution < 1.29 is 0 Å². The number of aromatic amines is 2. The van der Waals surface area contributed by atoms with Gasteiger partial charge in [-0.1, -0.05) is 30.0 Å². The zero-order valence-corrected chi connectivity index (χ0v) is 17.8. The minimum Gasteiger partial charge on any atom is -0.361 e. The number of aromatic nitrogens is 3. The molecule has 3 aromatic heterocycles. The molecule has 6 aromatic rings. The van der Waals surface area contributed by atoms with E-state index in [9.17, 15) is 0 Å². The summed E-state index contributed by atoms with van der Waals surface area (Å²) in [7, 11) is 0. The Morgan fingerprint density at radius 1 is 0.594 bits per heavy atom. The van der Waals surface area contributed by atoms with Crippen LogP contribution in [0.5, 0.6) is 0 Å². The van der Waals surface area contributed by atoms with Crippen LogP contribution in [0.25, 0.3) is 44.1 Å². The number of benzene rings is 3. The molecule has 152 valence electrons. The Hall–Kier alpha value is -3.96. The highest BCUT2D eigenvalue weighted by Crippen LogP contribution is 2.45. The predicted molar refractivity (Wildman–Crippen MR) is 133 cm³/mol. The number of hydrogen-bond donors (Lipinski definition) is 3. The summed E-state index contributed by atoms with van der Waals surface area (Å²) in [6, 6.07) is 26.1. The number of rotatable bonds is 2. The number of nitrogens with zero attached hydrogens (tertiary/aromatic N) is 1. The van der Waals surface area contributed by atoms with Crippen LogP contribution in [0.3, 0.4) is 0 Å². The van der Waals surface area contributed by atoms with Gasteiger partial charge in [-0.3, -0.25) is 0 Å². The van der Waals surface area contributed by atoms with Crippen LogP contribution in [0.4, 0.5) is 11.5 Å². The second-order valence-electron chi connectivity index (χ2n) is 8.07. The zero-order chi connectivity index (χ0) is 21.1. The van der Waals surface area contributed by atoms with E-state index in [0.717, 1.165) is 33.0 Å². The van der Waals surface area contributed by atoms with Gasteiger partial charge in [0.1, 0.15) is 5.82 Å². The van der Waals surface area contributed by atoms with Gasteiger partial charge in [-0.15, -0.1) is 0 Å². The zero-order valence-electron chi connectivity index (χ0n) is 17.0. The number of anilines is 2. The van der Waals surface area contributed by atoms with Crippen molar-refractivity contribution in [2.24, 2.45) is 0 Å².